The van der Waals surface area contributed by atoms with Crippen LogP contribution in [0.3, 0.4) is 0 Å². The topological polar surface area (TPSA) is 83.9 Å². The van der Waals surface area contributed by atoms with E-state index in [9.17, 15) is 13.2 Å². The van der Waals surface area contributed by atoms with Crippen LogP contribution in [-0.4, -0.2) is 49.8 Å². The summed E-state index contributed by atoms with van der Waals surface area (Å²) in [6.45, 7) is 2.03. The highest BCUT2D eigenvalue weighted by molar-refractivity contribution is 7.85. The standard InChI is InChI=1S/C14H19NO5S/c1-20-14(16)13-5-2-4-11-10-15(8-6-12(11)13)7-3-9-21(17,18)19/h2,4-5H,3,6-10H2,1H3,(H,17,18,19). The van der Waals surface area contributed by atoms with Gasteiger partial charge in [0.25, 0.3) is 10.1 Å². The summed E-state index contributed by atoms with van der Waals surface area (Å²) >= 11 is 0. The fourth-order valence-electron chi connectivity index (χ4n) is 2.63. The van der Waals surface area contributed by atoms with Gasteiger partial charge in [-0.15, -0.1) is 0 Å². The first-order chi connectivity index (χ1) is 9.90. The Balaban J connectivity index is 2.03. The number of carbonyl (C=O) groups excluding carboxylic acids is 1. The first kappa shape index (κ1) is 15.9. The van der Waals surface area contributed by atoms with Crippen LogP contribution in [0.15, 0.2) is 18.2 Å². The molecule has 1 aromatic rings. The SMILES string of the molecule is COC(=O)c1cccc2c1CCN(CCCS(=O)(=O)O)C2. The maximum Gasteiger partial charge on any atom is 0.338 e. The van der Waals surface area contributed by atoms with Crippen molar-refractivity contribution in [3.05, 3.63) is 34.9 Å². The molecule has 0 fully saturated rings. The van der Waals surface area contributed by atoms with Crippen molar-refractivity contribution in [3.63, 3.8) is 0 Å². The van der Waals surface area contributed by atoms with E-state index in [0.717, 1.165) is 24.1 Å². The van der Waals surface area contributed by atoms with Gasteiger partial charge in [0.2, 0.25) is 0 Å². The molecular weight excluding hydrogens is 294 g/mol. The monoisotopic (exact) mass is 313 g/mol. The van der Waals surface area contributed by atoms with Crippen LogP contribution >= 0.6 is 0 Å². The molecule has 1 N–H and O–H groups in total. The molecule has 1 aliphatic rings. The molecule has 1 aliphatic heterocycles. The van der Waals surface area contributed by atoms with E-state index in [1.165, 1.54) is 7.11 Å². The van der Waals surface area contributed by atoms with E-state index in [4.69, 9.17) is 9.29 Å². The lowest BCUT2D eigenvalue weighted by atomic mass is 9.94. The molecule has 6 nitrogen and oxygen atoms in total. The zero-order valence-corrected chi connectivity index (χ0v) is 12.7. The summed E-state index contributed by atoms with van der Waals surface area (Å²) < 4.78 is 34.9. The Bertz CT molecular complexity index is 626. The van der Waals surface area contributed by atoms with E-state index in [1.807, 2.05) is 12.1 Å². The van der Waals surface area contributed by atoms with Crippen molar-refractivity contribution in [1.29, 1.82) is 0 Å². The molecule has 21 heavy (non-hydrogen) atoms. The summed E-state index contributed by atoms with van der Waals surface area (Å²) in [6.07, 6.45) is 1.12. The van der Waals surface area contributed by atoms with E-state index in [0.29, 0.717) is 25.1 Å². The van der Waals surface area contributed by atoms with Crippen molar-refractivity contribution < 1.29 is 22.5 Å². The van der Waals surface area contributed by atoms with Gasteiger partial charge in [0.15, 0.2) is 0 Å². The maximum absolute atomic E-state index is 11.7. The summed E-state index contributed by atoms with van der Waals surface area (Å²) in [4.78, 5) is 13.8. The molecule has 0 amide bonds. The number of hydrogen-bond donors (Lipinski definition) is 1. The van der Waals surface area contributed by atoms with E-state index in [-0.39, 0.29) is 11.7 Å². The molecule has 116 valence electrons. The second kappa shape index (κ2) is 6.55. The smallest absolute Gasteiger partial charge is 0.338 e. The Kier molecular flexibility index (Phi) is 4.97. The second-order valence-electron chi connectivity index (χ2n) is 5.10. The van der Waals surface area contributed by atoms with Gasteiger partial charge in [0.05, 0.1) is 18.4 Å². The van der Waals surface area contributed by atoms with Gasteiger partial charge < -0.3 is 4.74 Å². The molecule has 0 atom stereocenters. The summed E-state index contributed by atoms with van der Waals surface area (Å²) in [5.74, 6) is -0.551. The number of rotatable bonds is 5. The third-order valence-electron chi connectivity index (χ3n) is 3.63. The average Bonchev–Trinajstić information content (AvgIpc) is 2.44. The molecule has 0 spiro atoms. The Labute approximate surface area is 124 Å². The van der Waals surface area contributed by atoms with E-state index in [2.05, 4.69) is 4.90 Å². The van der Waals surface area contributed by atoms with Crippen LogP contribution < -0.4 is 0 Å². The number of hydrogen-bond acceptors (Lipinski definition) is 5. The third-order valence-corrected chi connectivity index (χ3v) is 4.43. The predicted molar refractivity (Wildman–Crippen MR) is 77.8 cm³/mol. The second-order valence-corrected chi connectivity index (χ2v) is 6.67. The molecule has 0 aromatic heterocycles. The van der Waals surface area contributed by atoms with Gasteiger partial charge in [0, 0.05) is 13.1 Å². The molecule has 0 saturated heterocycles. The molecule has 1 aromatic carbocycles. The van der Waals surface area contributed by atoms with Gasteiger partial charge in [-0.2, -0.15) is 8.42 Å². The lowest BCUT2D eigenvalue weighted by molar-refractivity contribution is 0.0598. The van der Waals surface area contributed by atoms with Crippen LogP contribution in [0, 0.1) is 0 Å². The van der Waals surface area contributed by atoms with Crippen molar-refractivity contribution in [2.75, 3.05) is 26.0 Å². The van der Waals surface area contributed by atoms with Crippen LogP contribution in [0.2, 0.25) is 0 Å². The number of carbonyl (C=O) groups is 1. The van der Waals surface area contributed by atoms with Gasteiger partial charge in [0.1, 0.15) is 0 Å². The number of methoxy groups -OCH3 is 1. The van der Waals surface area contributed by atoms with Crippen molar-refractivity contribution in [1.82, 2.24) is 4.90 Å². The van der Waals surface area contributed by atoms with E-state index < -0.39 is 10.1 Å². The molecule has 1 heterocycles. The van der Waals surface area contributed by atoms with Gasteiger partial charge in [-0.3, -0.25) is 9.45 Å². The average molecular weight is 313 g/mol. The van der Waals surface area contributed by atoms with Crippen LogP contribution in [0.1, 0.15) is 27.9 Å². The lowest BCUT2D eigenvalue weighted by Crippen LogP contribution is -2.33. The molecule has 0 aliphatic carbocycles. The highest BCUT2D eigenvalue weighted by atomic mass is 32.2. The maximum atomic E-state index is 11.7. The molecule has 0 bridgehead atoms. The predicted octanol–water partition coefficient (Wildman–Crippen LogP) is 1.11. The molecule has 0 unspecified atom stereocenters. The van der Waals surface area contributed by atoms with Crippen LogP contribution in [0.25, 0.3) is 0 Å². The van der Waals surface area contributed by atoms with Crippen LogP contribution in [0.5, 0.6) is 0 Å². The number of nitrogens with zero attached hydrogens (tertiary/aromatic N) is 1. The minimum Gasteiger partial charge on any atom is -0.465 e. The van der Waals surface area contributed by atoms with Gasteiger partial charge in [-0.25, -0.2) is 4.79 Å². The van der Waals surface area contributed by atoms with E-state index in [1.54, 1.807) is 6.07 Å². The molecular formula is C14H19NO5S. The number of esters is 1. The minimum atomic E-state index is -3.89. The zero-order chi connectivity index (χ0) is 15.5. The summed E-state index contributed by atoms with van der Waals surface area (Å²) in [5, 5.41) is 0. The summed E-state index contributed by atoms with van der Waals surface area (Å²) in [7, 11) is -2.53. The molecule has 0 radical (unpaired) electrons. The van der Waals surface area contributed by atoms with Gasteiger partial charge in [-0.1, -0.05) is 12.1 Å². The van der Waals surface area contributed by atoms with Crippen molar-refractivity contribution in [3.8, 4) is 0 Å². The normalized spacial score (nSPS) is 15.5. The highest BCUT2D eigenvalue weighted by Crippen LogP contribution is 2.23. The van der Waals surface area contributed by atoms with Crippen LogP contribution in [-0.2, 0) is 27.8 Å². The molecule has 0 saturated carbocycles. The largest absolute Gasteiger partial charge is 0.465 e. The summed E-state index contributed by atoms with van der Waals surface area (Å²) in [6, 6.07) is 5.56. The Morgan fingerprint density at radius 2 is 2.19 bits per heavy atom. The Morgan fingerprint density at radius 1 is 1.43 bits per heavy atom. The molecule has 7 heteroatoms. The Morgan fingerprint density at radius 3 is 2.86 bits per heavy atom. The quantitative estimate of drug-likeness (QED) is 0.647. The Hall–Kier alpha value is -1.44. The first-order valence-electron chi connectivity index (χ1n) is 6.77. The minimum absolute atomic E-state index is 0.224. The number of ether oxygens (including phenoxy) is 1. The van der Waals surface area contributed by atoms with Gasteiger partial charge >= 0.3 is 5.97 Å². The molecule has 2 rings (SSSR count). The number of fused-ring (bicyclic) bond motifs is 1. The fourth-order valence-corrected chi connectivity index (χ4v) is 3.12. The third kappa shape index (κ3) is 4.26. The fraction of sp³-hybridized carbons (Fsp3) is 0.500. The van der Waals surface area contributed by atoms with Crippen molar-refractivity contribution in [2.24, 2.45) is 0 Å². The van der Waals surface area contributed by atoms with Crippen molar-refractivity contribution >= 4 is 16.1 Å². The summed E-state index contributed by atoms with van der Waals surface area (Å²) in [5.41, 5.74) is 2.68. The highest BCUT2D eigenvalue weighted by Gasteiger charge is 2.21. The van der Waals surface area contributed by atoms with Gasteiger partial charge in [-0.05, 0) is 36.6 Å². The lowest BCUT2D eigenvalue weighted by Gasteiger charge is -2.29. The number of benzene rings is 1. The first-order valence-corrected chi connectivity index (χ1v) is 8.38. The van der Waals surface area contributed by atoms with Crippen LogP contribution in [0.4, 0.5) is 0 Å². The van der Waals surface area contributed by atoms with E-state index >= 15 is 0 Å². The van der Waals surface area contributed by atoms with Crippen molar-refractivity contribution in [2.45, 2.75) is 19.4 Å². The zero-order valence-electron chi connectivity index (χ0n) is 11.9.